The Morgan fingerprint density at radius 3 is 2.13 bits per heavy atom. The van der Waals surface area contributed by atoms with Gasteiger partial charge in [-0.1, -0.05) is 13.8 Å². The molecule has 0 aromatic rings. The first kappa shape index (κ1) is 13.9. The molecule has 0 radical (unpaired) electrons. The van der Waals surface area contributed by atoms with Gasteiger partial charge in [-0.15, -0.1) is 0 Å². The fourth-order valence-electron chi connectivity index (χ4n) is 1.30. The van der Waals surface area contributed by atoms with Crippen LogP contribution < -0.4 is 11.1 Å². The number of rotatable bonds is 6. The van der Waals surface area contributed by atoms with Gasteiger partial charge in [-0.3, -0.25) is 9.59 Å². The molecule has 1 amide bonds. The maximum absolute atomic E-state index is 11.2. The van der Waals surface area contributed by atoms with Crippen LogP contribution in [0.25, 0.3) is 0 Å². The summed E-state index contributed by atoms with van der Waals surface area (Å²) in [5, 5.41) is 11.7. The predicted molar refractivity (Wildman–Crippen MR) is 57.3 cm³/mol. The standard InChI is InChI=1S/C10H20N2O3/c1-4-10(5-2,9(14)15)6-12-8(13)7(3)11/h7H,4-6,11H2,1-3H3,(H,12,13)(H,14,15)/t7-/m0/s1. The van der Waals surface area contributed by atoms with E-state index in [4.69, 9.17) is 10.8 Å². The second kappa shape index (κ2) is 5.70. The van der Waals surface area contributed by atoms with Crippen LogP contribution in [0.4, 0.5) is 0 Å². The summed E-state index contributed by atoms with van der Waals surface area (Å²) in [6.07, 6.45) is 0.968. The molecule has 5 heteroatoms. The Bertz CT molecular complexity index is 235. The van der Waals surface area contributed by atoms with Crippen molar-refractivity contribution in [2.24, 2.45) is 11.1 Å². The van der Waals surface area contributed by atoms with Crippen LogP contribution >= 0.6 is 0 Å². The van der Waals surface area contributed by atoms with E-state index in [0.717, 1.165) is 0 Å². The molecule has 0 aliphatic rings. The fraction of sp³-hybridized carbons (Fsp3) is 0.800. The van der Waals surface area contributed by atoms with Crippen LogP contribution in [-0.4, -0.2) is 29.6 Å². The number of carboxylic acid groups (broad SMARTS) is 1. The Balaban J connectivity index is 4.44. The van der Waals surface area contributed by atoms with Gasteiger partial charge in [0.25, 0.3) is 0 Å². The maximum atomic E-state index is 11.2. The SMILES string of the molecule is CCC(CC)(CNC(=O)[C@H](C)N)C(=O)O. The molecule has 0 spiro atoms. The van der Waals surface area contributed by atoms with Crippen molar-refractivity contribution in [2.45, 2.75) is 39.7 Å². The number of carboxylic acids is 1. The van der Waals surface area contributed by atoms with E-state index in [1.165, 1.54) is 0 Å². The van der Waals surface area contributed by atoms with Gasteiger partial charge in [-0.2, -0.15) is 0 Å². The van der Waals surface area contributed by atoms with Crippen molar-refractivity contribution in [3.05, 3.63) is 0 Å². The molecule has 0 aliphatic heterocycles. The smallest absolute Gasteiger partial charge is 0.311 e. The summed E-state index contributed by atoms with van der Waals surface area (Å²) >= 11 is 0. The lowest BCUT2D eigenvalue weighted by molar-refractivity contribution is -0.149. The molecule has 1 atom stereocenters. The van der Waals surface area contributed by atoms with Crippen molar-refractivity contribution in [3.8, 4) is 0 Å². The normalized spacial score (nSPS) is 13.3. The van der Waals surface area contributed by atoms with Crippen molar-refractivity contribution in [3.63, 3.8) is 0 Å². The second-order valence-corrected chi connectivity index (χ2v) is 3.80. The average Bonchev–Trinajstić information content (AvgIpc) is 2.19. The van der Waals surface area contributed by atoms with Crippen LogP contribution in [0.5, 0.6) is 0 Å². The van der Waals surface area contributed by atoms with Gasteiger partial charge in [0, 0.05) is 6.54 Å². The van der Waals surface area contributed by atoms with Crippen molar-refractivity contribution in [1.82, 2.24) is 5.32 Å². The van der Waals surface area contributed by atoms with E-state index < -0.39 is 17.4 Å². The highest BCUT2D eigenvalue weighted by molar-refractivity contribution is 5.82. The first-order chi connectivity index (χ1) is 6.89. The highest BCUT2D eigenvalue weighted by Gasteiger charge is 2.35. The van der Waals surface area contributed by atoms with Crippen LogP contribution in [0, 0.1) is 5.41 Å². The predicted octanol–water partition coefficient (Wildman–Crippen LogP) is 0.341. The van der Waals surface area contributed by atoms with E-state index in [2.05, 4.69) is 5.32 Å². The zero-order valence-corrected chi connectivity index (χ0v) is 9.54. The minimum Gasteiger partial charge on any atom is -0.481 e. The molecule has 0 fully saturated rings. The molecule has 0 aliphatic carbocycles. The number of aliphatic carboxylic acids is 1. The average molecular weight is 216 g/mol. The zero-order valence-electron chi connectivity index (χ0n) is 9.54. The Hall–Kier alpha value is -1.10. The lowest BCUT2D eigenvalue weighted by Gasteiger charge is -2.27. The quantitative estimate of drug-likeness (QED) is 0.597. The van der Waals surface area contributed by atoms with Crippen molar-refractivity contribution in [2.75, 3.05) is 6.54 Å². The van der Waals surface area contributed by atoms with Gasteiger partial charge in [0.2, 0.25) is 5.91 Å². The van der Waals surface area contributed by atoms with E-state index in [9.17, 15) is 9.59 Å². The molecule has 0 unspecified atom stereocenters. The summed E-state index contributed by atoms with van der Waals surface area (Å²) < 4.78 is 0. The second-order valence-electron chi connectivity index (χ2n) is 3.80. The molecule has 0 heterocycles. The summed E-state index contributed by atoms with van der Waals surface area (Å²) in [6.45, 7) is 5.30. The molecule has 5 nitrogen and oxygen atoms in total. The fourth-order valence-corrected chi connectivity index (χ4v) is 1.30. The van der Waals surface area contributed by atoms with E-state index in [1.54, 1.807) is 20.8 Å². The van der Waals surface area contributed by atoms with E-state index in [-0.39, 0.29) is 12.5 Å². The number of amides is 1. The summed E-state index contributed by atoms with van der Waals surface area (Å²) in [5.74, 6) is -1.19. The minimum atomic E-state index is -0.877. The third-order valence-corrected chi connectivity index (χ3v) is 2.82. The number of hydrogen-bond acceptors (Lipinski definition) is 3. The first-order valence-electron chi connectivity index (χ1n) is 5.16. The lowest BCUT2D eigenvalue weighted by atomic mass is 9.82. The summed E-state index contributed by atoms with van der Waals surface area (Å²) in [6, 6.07) is -0.606. The van der Waals surface area contributed by atoms with Crippen molar-refractivity contribution >= 4 is 11.9 Å². The first-order valence-corrected chi connectivity index (χ1v) is 5.16. The molecule has 0 bridgehead atoms. The lowest BCUT2D eigenvalue weighted by Crippen LogP contribution is -2.46. The summed E-state index contributed by atoms with van der Waals surface area (Å²) in [5.41, 5.74) is 4.49. The molecule has 0 rings (SSSR count). The number of carbonyl (C=O) groups excluding carboxylic acids is 1. The van der Waals surface area contributed by atoms with Crippen LogP contribution in [-0.2, 0) is 9.59 Å². The summed E-state index contributed by atoms with van der Waals surface area (Å²) in [4.78, 5) is 22.3. The molecule has 4 N–H and O–H groups in total. The van der Waals surface area contributed by atoms with Gasteiger partial charge in [0.05, 0.1) is 11.5 Å². The van der Waals surface area contributed by atoms with Crippen LogP contribution in [0.1, 0.15) is 33.6 Å². The van der Waals surface area contributed by atoms with Crippen molar-refractivity contribution in [1.29, 1.82) is 0 Å². The summed E-state index contributed by atoms with van der Waals surface area (Å²) in [7, 11) is 0. The molecular formula is C10H20N2O3. The molecule has 0 saturated carbocycles. The van der Waals surface area contributed by atoms with Crippen LogP contribution in [0.2, 0.25) is 0 Å². The van der Waals surface area contributed by atoms with Crippen molar-refractivity contribution < 1.29 is 14.7 Å². The number of carbonyl (C=O) groups is 2. The van der Waals surface area contributed by atoms with Gasteiger partial charge in [-0.05, 0) is 19.8 Å². The molecule has 0 aromatic carbocycles. The topological polar surface area (TPSA) is 92.4 Å². The maximum Gasteiger partial charge on any atom is 0.311 e. The van der Waals surface area contributed by atoms with Gasteiger partial charge >= 0.3 is 5.97 Å². The Kier molecular flexibility index (Phi) is 5.28. The Labute approximate surface area is 90.0 Å². The minimum absolute atomic E-state index is 0.135. The highest BCUT2D eigenvalue weighted by Crippen LogP contribution is 2.25. The monoisotopic (exact) mass is 216 g/mol. The zero-order chi connectivity index (χ0) is 12.1. The third-order valence-electron chi connectivity index (χ3n) is 2.82. The molecule has 0 aromatic heterocycles. The molecule has 15 heavy (non-hydrogen) atoms. The molecule has 0 saturated heterocycles. The number of nitrogens with two attached hydrogens (primary N) is 1. The third kappa shape index (κ3) is 3.51. The molecule has 88 valence electrons. The number of hydrogen-bond donors (Lipinski definition) is 3. The van der Waals surface area contributed by atoms with Crippen LogP contribution in [0.15, 0.2) is 0 Å². The molecular weight excluding hydrogens is 196 g/mol. The van der Waals surface area contributed by atoms with E-state index >= 15 is 0 Å². The van der Waals surface area contributed by atoms with Gasteiger partial charge in [0.1, 0.15) is 0 Å². The van der Waals surface area contributed by atoms with E-state index in [0.29, 0.717) is 12.8 Å². The largest absolute Gasteiger partial charge is 0.481 e. The van der Waals surface area contributed by atoms with Gasteiger partial charge in [-0.25, -0.2) is 0 Å². The Morgan fingerprint density at radius 1 is 1.40 bits per heavy atom. The van der Waals surface area contributed by atoms with Gasteiger partial charge in [0.15, 0.2) is 0 Å². The number of nitrogens with one attached hydrogen (secondary N) is 1. The van der Waals surface area contributed by atoms with Crippen LogP contribution in [0.3, 0.4) is 0 Å². The van der Waals surface area contributed by atoms with Gasteiger partial charge < -0.3 is 16.2 Å². The Morgan fingerprint density at radius 2 is 1.87 bits per heavy atom. The van der Waals surface area contributed by atoms with E-state index in [1.807, 2.05) is 0 Å². The highest BCUT2D eigenvalue weighted by atomic mass is 16.4.